The number of nitrogens with zero attached hydrogens (tertiary/aromatic N) is 4. The molecular formula is C9H15N7. The highest BCUT2D eigenvalue weighted by Gasteiger charge is 2.25. The van der Waals surface area contributed by atoms with E-state index in [1.54, 1.807) is 6.20 Å². The number of nitrogens with one attached hydrogen (secondary N) is 1. The molecular weight excluding hydrogens is 206 g/mol. The van der Waals surface area contributed by atoms with Crippen LogP contribution in [0.3, 0.4) is 0 Å². The normalized spacial score (nSPS) is 20.6. The van der Waals surface area contributed by atoms with E-state index in [1.807, 2.05) is 18.7 Å². The fourth-order valence-electron chi connectivity index (χ4n) is 1.67. The molecule has 1 atom stereocenters. The van der Waals surface area contributed by atoms with Crippen molar-refractivity contribution in [1.29, 1.82) is 0 Å². The summed E-state index contributed by atoms with van der Waals surface area (Å²) in [4.78, 5) is 17.3. The molecule has 1 aromatic heterocycles. The maximum atomic E-state index is 5.80. The maximum Gasteiger partial charge on any atom is 0.221 e. The lowest BCUT2D eigenvalue weighted by Crippen LogP contribution is -2.44. The van der Waals surface area contributed by atoms with Gasteiger partial charge in [-0.15, -0.1) is 0 Å². The number of H-pyrrole nitrogens is 1. The summed E-state index contributed by atoms with van der Waals surface area (Å²) in [6.07, 6.45) is 1.47. The molecule has 0 saturated heterocycles. The molecule has 86 valence electrons. The number of guanidine groups is 2. The Balaban J connectivity index is 2.36. The summed E-state index contributed by atoms with van der Waals surface area (Å²) in [5.41, 5.74) is 12.3. The number of aliphatic imine (C=N–C) groups is 2. The first-order chi connectivity index (χ1) is 7.61. The van der Waals surface area contributed by atoms with E-state index < -0.39 is 0 Å². The molecule has 0 spiro atoms. The van der Waals surface area contributed by atoms with Gasteiger partial charge in [0.15, 0.2) is 6.17 Å². The van der Waals surface area contributed by atoms with Crippen LogP contribution in [0.5, 0.6) is 0 Å². The summed E-state index contributed by atoms with van der Waals surface area (Å²) in [6, 6.07) is 0. The lowest BCUT2D eigenvalue weighted by atomic mass is 10.3. The molecule has 1 aliphatic rings. The van der Waals surface area contributed by atoms with E-state index in [-0.39, 0.29) is 12.1 Å². The van der Waals surface area contributed by atoms with Crippen LogP contribution in [0.25, 0.3) is 0 Å². The van der Waals surface area contributed by atoms with E-state index in [1.165, 1.54) is 0 Å². The maximum absolute atomic E-state index is 5.80. The van der Waals surface area contributed by atoms with Gasteiger partial charge >= 0.3 is 0 Å². The van der Waals surface area contributed by atoms with Gasteiger partial charge in [0.25, 0.3) is 0 Å². The summed E-state index contributed by atoms with van der Waals surface area (Å²) in [7, 11) is 0. The van der Waals surface area contributed by atoms with Gasteiger partial charge in [0.05, 0.1) is 11.9 Å². The molecule has 2 rings (SSSR count). The van der Waals surface area contributed by atoms with E-state index in [9.17, 15) is 0 Å². The molecule has 2 heterocycles. The van der Waals surface area contributed by atoms with Crippen LogP contribution in [-0.4, -0.2) is 33.3 Å². The minimum Gasteiger partial charge on any atom is -0.369 e. The van der Waals surface area contributed by atoms with Crippen LogP contribution in [0.1, 0.15) is 24.6 Å². The first-order valence-corrected chi connectivity index (χ1v) is 5.07. The molecule has 7 heteroatoms. The Labute approximate surface area is 93.3 Å². The topological polar surface area (TPSA) is 109 Å². The Hall–Kier alpha value is -2.05. The Kier molecular flexibility index (Phi) is 2.51. The van der Waals surface area contributed by atoms with Crippen LogP contribution >= 0.6 is 0 Å². The molecule has 0 aliphatic carbocycles. The number of aryl methyl sites for hydroxylation is 1. The summed E-state index contributed by atoms with van der Waals surface area (Å²) in [6.45, 7) is 4.57. The number of hydrogen-bond donors (Lipinski definition) is 3. The largest absolute Gasteiger partial charge is 0.369 e. The van der Waals surface area contributed by atoms with Crippen molar-refractivity contribution in [3.8, 4) is 0 Å². The fraction of sp³-hybridized carbons (Fsp3) is 0.444. The molecule has 7 nitrogen and oxygen atoms in total. The lowest BCUT2D eigenvalue weighted by molar-refractivity contribution is 0.326. The predicted molar refractivity (Wildman–Crippen MR) is 61.7 cm³/mol. The standard InChI is InChI=1S/C9H15N7/c1-3-16-7(6-4-12-5(2)13-6)14-8(10)15-9(16)11/h4,7H,3H2,1-2H3,(H,12,13)(H4,10,11,14,15). The Morgan fingerprint density at radius 3 is 2.81 bits per heavy atom. The van der Waals surface area contributed by atoms with Gasteiger partial charge in [-0.25, -0.2) is 9.98 Å². The SMILES string of the molecule is CCN1C(N)=NC(N)=NC1c1cnc(C)[nH]1. The summed E-state index contributed by atoms with van der Waals surface area (Å²) < 4.78 is 0. The minimum atomic E-state index is -0.260. The van der Waals surface area contributed by atoms with Crippen LogP contribution in [0.15, 0.2) is 16.2 Å². The predicted octanol–water partition coefficient (Wildman–Crippen LogP) is -0.318. The molecule has 5 N–H and O–H groups in total. The molecule has 1 aromatic rings. The highest BCUT2D eigenvalue weighted by Crippen LogP contribution is 2.22. The summed E-state index contributed by atoms with van der Waals surface area (Å²) >= 11 is 0. The highest BCUT2D eigenvalue weighted by atomic mass is 15.4. The van der Waals surface area contributed by atoms with Crippen LogP contribution in [-0.2, 0) is 0 Å². The molecule has 0 radical (unpaired) electrons. The molecule has 0 aromatic carbocycles. The molecule has 0 bridgehead atoms. The van der Waals surface area contributed by atoms with Gasteiger partial charge in [-0.2, -0.15) is 4.99 Å². The molecule has 16 heavy (non-hydrogen) atoms. The number of imidazole rings is 1. The number of nitrogens with two attached hydrogens (primary N) is 2. The van der Waals surface area contributed by atoms with E-state index in [0.29, 0.717) is 12.5 Å². The first-order valence-electron chi connectivity index (χ1n) is 5.07. The van der Waals surface area contributed by atoms with Gasteiger partial charge in [-0.3, -0.25) is 0 Å². The molecule has 0 saturated carbocycles. The van der Waals surface area contributed by atoms with Crippen molar-refractivity contribution in [3.05, 3.63) is 17.7 Å². The first kappa shape index (κ1) is 10.5. The fourth-order valence-corrected chi connectivity index (χ4v) is 1.67. The molecule has 1 unspecified atom stereocenters. The van der Waals surface area contributed by atoms with Crippen molar-refractivity contribution in [3.63, 3.8) is 0 Å². The Morgan fingerprint density at radius 1 is 1.50 bits per heavy atom. The third-order valence-corrected chi connectivity index (χ3v) is 2.41. The zero-order chi connectivity index (χ0) is 11.7. The van der Waals surface area contributed by atoms with Crippen LogP contribution < -0.4 is 11.5 Å². The summed E-state index contributed by atoms with van der Waals surface area (Å²) in [5, 5.41) is 0. The molecule has 1 aliphatic heterocycles. The Morgan fingerprint density at radius 2 is 2.25 bits per heavy atom. The summed E-state index contributed by atoms with van der Waals surface area (Å²) in [5.74, 6) is 1.41. The molecule has 0 fully saturated rings. The number of aromatic amines is 1. The van der Waals surface area contributed by atoms with Gasteiger partial charge in [-0.05, 0) is 13.8 Å². The third-order valence-electron chi connectivity index (χ3n) is 2.41. The average Bonchev–Trinajstić information content (AvgIpc) is 2.63. The van der Waals surface area contributed by atoms with E-state index in [2.05, 4.69) is 20.0 Å². The Bertz CT molecular complexity index is 444. The second kappa shape index (κ2) is 3.84. The lowest BCUT2D eigenvalue weighted by Gasteiger charge is -2.30. The van der Waals surface area contributed by atoms with Crippen LogP contribution in [0.2, 0.25) is 0 Å². The van der Waals surface area contributed by atoms with Gasteiger partial charge in [-0.1, -0.05) is 0 Å². The smallest absolute Gasteiger partial charge is 0.221 e. The third kappa shape index (κ3) is 1.71. The van der Waals surface area contributed by atoms with Crippen molar-refractivity contribution in [1.82, 2.24) is 14.9 Å². The van der Waals surface area contributed by atoms with Crippen LogP contribution in [0.4, 0.5) is 0 Å². The van der Waals surface area contributed by atoms with Crippen molar-refractivity contribution in [2.45, 2.75) is 20.0 Å². The van der Waals surface area contributed by atoms with Gasteiger partial charge in [0.2, 0.25) is 11.9 Å². The van der Waals surface area contributed by atoms with Crippen molar-refractivity contribution < 1.29 is 0 Å². The second-order valence-corrected chi connectivity index (χ2v) is 3.54. The zero-order valence-electron chi connectivity index (χ0n) is 9.31. The minimum absolute atomic E-state index is 0.194. The quantitative estimate of drug-likeness (QED) is 0.636. The monoisotopic (exact) mass is 221 g/mol. The van der Waals surface area contributed by atoms with E-state index in [4.69, 9.17) is 11.5 Å². The zero-order valence-corrected chi connectivity index (χ0v) is 9.31. The van der Waals surface area contributed by atoms with Crippen LogP contribution in [0, 0.1) is 6.92 Å². The highest BCUT2D eigenvalue weighted by molar-refractivity contribution is 5.95. The number of rotatable bonds is 2. The van der Waals surface area contributed by atoms with Crippen molar-refractivity contribution >= 4 is 11.9 Å². The number of aromatic nitrogens is 2. The van der Waals surface area contributed by atoms with E-state index in [0.717, 1.165) is 11.5 Å². The average molecular weight is 221 g/mol. The van der Waals surface area contributed by atoms with Gasteiger partial charge in [0.1, 0.15) is 5.82 Å². The molecule has 0 amide bonds. The van der Waals surface area contributed by atoms with E-state index >= 15 is 0 Å². The van der Waals surface area contributed by atoms with Gasteiger partial charge < -0.3 is 21.4 Å². The van der Waals surface area contributed by atoms with Gasteiger partial charge in [0, 0.05) is 6.54 Å². The second-order valence-electron chi connectivity index (χ2n) is 3.54. The van der Waals surface area contributed by atoms with Crippen molar-refractivity contribution in [2.75, 3.05) is 6.54 Å². The van der Waals surface area contributed by atoms with Crippen molar-refractivity contribution in [2.24, 2.45) is 21.5 Å². The number of hydrogen-bond acceptors (Lipinski definition) is 6.